The van der Waals surface area contributed by atoms with Crippen molar-refractivity contribution >= 4 is 5.71 Å². The van der Waals surface area contributed by atoms with Gasteiger partial charge in [-0.15, -0.1) is 0 Å². The zero-order valence-corrected chi connectivity index (χ0v) is 8.70. The lowest BCUT2D eigenvalue weighted by Gasteiger charge is -2.03. The Morgan fingerprint density at radius 1 is 1.57 bits per heavy atom. The summed E-state index contributed by atoms with van der Waals surface area (Å²) in [5.74, 6) is 0. The highest BCUT2D eigenvalue weighted by molar-refractivity contribution is 5.98. The van der Waals surface area contributed by atoms with Crippen LogP contribution in [0.4, 0.5) is 0 Å². The smallest absolute Gasteiger partial charge is 0.105 e. The Bertz CT molecular complexity index is 321. The Kier molecular flexibility index (Phi) is 4.11. The number of pyridine rings is 1. The molecule has 0 atom stereocenters. The van der Waals surface area contributed by atoms with E-state index in [4.69, 9.17) is 5.21 Å². The van der Waals surface area contributed by atoms with Crippen molar-refractivity contribution in [1.82, 2.24) is 4.98 Å². The van der Waals surface area contributed by atoms with Crippen LogP contribution in [0.25, 0.3) is 0 Å². The Balaban J connectivity index is 2.79. The van der Waals surface area contributed by atoms with E-state index >= 15 is 0 Å². The number of aromatic nitrogens is 1. The Hall–Kier alpha value is -1.38. The summed E-state index contributed by atoms with van der Waals surface area (Å²) in [7, 11) is 0. The first-order chi connectivity index (χ1) is 6.77. The van der Waals surface area contributed by atoms with Gasteiger partial charge in [0.2, 0.25) is 0 Å². The fraction of sp³-hybridized carbons (Fsp3) is 0.455. The molecule has 1 aromatic heterocycles. The molecule has 1 N–H and O–H groups in total. The van der Waals surface area contributed by atoms with Crippen molar-refractivity contribution in [2.75, 3.05) is 0 Å². The first-order valence-corrected chi connectivity index (χ1v) is 4.92. The zero-order chi connectivity index (χ0) is 10.4. The molecule has 0 saturated carbocycles. The minimum Gasteiger partial charge on any atom is -0.411 e. The summed E-state index contributed by atoms with van der Waals surface area (Å²) in [5.41, 5.74) is 2.59. The maximum Gasteiger partial charge on any atom is 0.105 e. The van der Waals surface area contributed by atoms with E-state index in [1.165, 1.54) is 0 Å². The van der Waals surface area contributed by atoms with Gasteiger partial charge in [0.25, 0.3) is 0 Å². The standard InChI is InChI=1S/C11H16N2O/c1-3-4-5-10(13-14)11-8-9(2)6-7-12-11/h6-8,14H,3-5H2,1-2H3/b13-10-. The molecule has 0 fully saturated rings. The number of hydrogen-bond acceptors (Lipinski definition) is 3. The highest BCUT2D eigenvalue weighted by Crippen LogP contribution is 2.07. The lowest BCUT2D eigenvalue weighted by atomic mass is 10.1. The molecule has 3 heteroatoms. The van der Waals surface area contributed by atoms with Crippen LogP contribution in [0, 0.1) is 6.92 Å². The molecule has 0 aromatic carbocycles. The van der Waals surface area contributed by atoms with Gasteiger partial charge in [-0.2, -0.15) is 0 Å². The first kappa shape index (κ1) is 10.7. The third-order valence-corrected chi connectivity index (χ3v) is 2.10. The van der Waals surface area contributed by atoms with E-state index in [0.717, 1.165) is 30.5 Å². The predicted molar refractivity (Wildman–Crippen MR) is 56.8 cm³/mol. The van der Waals surface area contributed by atoms with Gasteiger partial charge < -0.3 is 5.21 Å². The molecule has 0 unspecified atom stereocenters. The molecule has 0 aliphatic carbocycles. The summed E-state index contributed by atoms with van der Waals surface area (Å²) in [5, 5.41) is 12.1. The molecule has 1 heterocycles. The van der Waals surface area contributed by atoms with Crippen molar-refractivity contribution < 1.29 is 5.21 Å². The van der Waals surface area contributed by atoms with Crippen LogP contribution in [0.3, 0.4) is 0 Å². The summed E-state index contributed by atoms with van der Waals surface area (Å²) in [6.45, 7) is 4.11. The summed E-state index contributed by atoms with van der Waals surface area (Å²) in [6.07, 6.45) is 4.63. The van der Waals surface area contributed by atoms with Crippen molar-refractivity contribution in [2.45, 2.75) is 33.1 Å². The highest BCUT2D eigenvalue weighted by Gasteiger charge is 2.04. The number of oxime groups is 1. The zero-order valence-electron chi connectivity index (χ0n) is 8.70. The lowest BCUT2D eigenvalue weighted by Crippen LogP contribution is -2.03. The second-order valence-corrected chi connectivity index (χ2v) is 3.37. The SMILES string of the molecule is CCCC/C(=N/O)c1cc(C)ccn1. The normalized spacial score (nSPS) is 11.7. The van der Waals surface area contributed by atoms with E-state index in [-0.39, 0.29) is 0 Å². The summed E-state index contributed by atoms with van der Waals surface area (Å²) >= 11 is 0. The van der Waals surface area contributed by atoms with Crippen LogP contribution in [0.15, 0.2) is 23.5 Å². The van der Waals surface area contributed by atoms with Gasteiger partial charge in [0.15, 0.2) is 0 Å². The number of unbranched alkanes of at least 4 members (excludes halogenated alkanes) is 1. The number of aryl methyl sites for hydroxylation is 1. The number of rotatable bonds is 4. The highest BCUT2D eigenvalue weighted by atomic mass is 16.4. The van der Waals surface area contributed by atoms with Crippen LogP contribution in [0.1, 0.15) is 37.4 Å². The van der Waals surface area contributed by atoms with Crippen LogP contribution in [-0.4, -0.2) is 15.9 Å². The Morgan fingerprint density at radius 2 is 2.36 bits per heavy atom. The number of hydrogen-bond donors (Lipinski definition) is 1. The summed E-state index contributed by atoms with van der Waals surface area (Å²) < 4.78 is 0. The number of nitrogens with zero attached hydrogens (tertiary/aromatic N) is 2. The van der Waals surface area contributed by atoms with E-state index in [9.17, 15) is 0 Å². The van der Waals surface area contributed by atoms with Crippen molar-refractivity contribution in [3.63, 3.8) is 0 Å². The van der Waals surface area contributed by atoms with E-state index in [0.29, 0.717) is 5.71 Å². The van der Waals surface area contributed by atoms with Crippen LogP contribution in [-0.2, 0) is 0 Å². The fourth-order valence-corrected chi connectivity index (χ4v) is 1.27. The van der Waals surface area contributed by atoms with E-state index in [2.05, 4.69) is 17.1 Å². The van der Waals surface area contributed by atoms with Crippen molar-refractivity contribution in [2.24, 2.45) is 5.16 Å². The third-order valence-electron chi connectivity index (χ3n) is 2.10. The quantitative estimate of drug-likeness (QED) is 0.453. The first-order valence-electron chi connectivity index (χ1n) is 4.92. The van der Waals surface area contributed by atoms with E-state index in [1.54, 1.807) is 6.20 Å². The van der Waals surface area contributed by atoms with Crippen LogP contribution in [0.5, 0.6) is 0 Å². The fourth-order valence-electron chi connectivity index (χ4n) is 1.27. The molecule has 0 aliphatic heterocycles. The largest absolute Gasteiger partial charge is 0.411 e. The molecule has 76 valence electrons. The maximum atomic E-state index is 8.84. The molecular formula is C11H16N2O. The van der Waals surface area contributed by atoms with Gasteiger partial charge in [-0.25, -0.2) is 0 Å². The van der Waals surface area contributed by atoms with Crippen molar-refractivity contribution in [1.29, 1.82) is 0 Å². The molecule has 0 radical (unpaired) electrons. The van der Waals surface area contributed by atoms with Gasteiger partial charge in [0, 0.05) is 6.20 Å². The molecule has 1 rings (SSSR count). The van der Waals surface area contributed by atoms with Crippen LogP contribution in [0.2, 0.25) is 0 Å². The lowest BCUT2D eigenvalue weighted by molar-refractivity contribution is 0.317. The van der Waals surface area contributed by atoms with Crippen molar-refractivity contribution in [3.05, 3.63) is 29.6 Å². The molecule has 14 heavy (non-hydrogen) atoms. The maximum absolute atomic E-state index is 8.84. The van der Waals surface area contributed by atoms with Gasteiger partial charge in [0.1, 0.15) is 5.71 Å². The Labute approximate surface area is 84.5 Å². The average Bonchev–Trinajstić information content (AvgIpc) is 2.19. The van der Waals surface area contributed by atoms with Crippen molar-refractivity contribution in [3.8, 4) is 0 Å². The van der Waals surface area contributed by atoms with Gasteiger partial charge in [-0.05, 0) is 37.5 Å². The minimum atomic E-state index is 0.676. The van der Waals surface area contributed by atoms with Gasteiger partial charge in [-0.3, -0.25) is 4.98 Å². The van der Waals surface area contributed by atoms with Gasteiger partial charge in [0.05, 0.1) is 5.69 Å². The third kappa shape index (κ3) is 2.83. The minimum absolute atomic E-state index is 0.676. The average molecular weight is 192 g/mol. The predicted octanol–water partition coefficient (Wildman–Crippen LogP) is 2.76. The molecular weight excluding hydrogens is 176 g/mol. The molecule has 0 bridgehead atoms. The summed E-state index contributed by atoms with van der Waals surface area (Å²) in [6, 6.07) is 3.86. The van der Waals surface area contributed by atoms with Gasteiger partial charge >= 0.3 is 0 Å². The molecule has 0 saturated heterocycles. The van der Waals surface area contributed by atoms with E-state index < -0.39 is 0 Å². The second-order valence-electron chi connectivity index (χ2n) is 3.37. The molecule has 1 aromatic rings. The van der Waals surface area contributed by atoms with Crippen LogP contribution < -0.4 is 0 Å². The van der Waals surface area contributed by atoms with E-state index in [1.807, 2.05) is 19.1 Å². The van der Waals surface area contributed by atoms with Crippen LogP contribution >= 0.6 is 0 Å². The monoisotopic (exact) mass is 192 g/mol. The molecule has 0 amide bonds. The van der Waals surface area contributed by atoms with Gasteiger partial charge in [-0.1, -0.05) is 18.5 Å². The summed E-state index contributed by atoms with van der Waals surface area (Å²) in [4.78, 5) is 4.17. The topological polar surface area (TPSA) is 45.5 Å². The Morgan fingerprint density at radius 3 is 2.93 bits per heavy atom. The molecule has 3 nitrogen and oxygen atoms in total. The second kappa shape index (κ2) is 5.37. The molecule has 0 aliphatic rings. The molecule has 0 spiro atoms.